The molecule has 1 aromatic carbocycles. The zero-order chi connectivity index (χ0) is 16.4. The van der Waals surface area contributed by atoms with Crippen LogP contribution in [-0.4, -0.2) is 61.0 Å². The average Bonchev–Trinajstić information content (AvgIpc) is 2.92. The molecule has 1 N–H and O–H groups in total. The molecule has 2 atom stereocenters. The Morgan fingerprint density at radius 3 is 2.57 bits per heavy atom. The van der Waals surface area contributed by atoms with E-state index in [9.17, 15) is 13.9 Å². The summed E-state index contributed by atoms with van der Waals surface area (Å²) in [6.07, 6.45) is 1.39. The van der Waals surface area contributed by atoms with Crippen LogP contribution in [0.1, 0.15) is 19.8 Å². The van der Waals surface area contributed by atoms with E-state index < -0.39 is 17.7 Å². The van der Waals surface area contributed by atoms with Gasteiger partial charge in [0.25, 0.3) is 0 Å². The van der Waals surface area contributed by atoms with Crippen LogP contribution in [0.4, 0.5) is 14.5 Å². The Morgan fingerprint density at radius 2 is 1.91 bits per heavy atom. The quantitative estimate of drug-likeness (QED) is 0.918. The molecule has 128 valence electrons. The molecule has 0 spiro atoms. The number of likely N-dealkylation sites (tertiary alicyclic amines) is 1. The van der Waals surface area contributed by atoms with Gasteiger partial charge in [0.2, 0.25) is 0 Å². The molecular weight excluding hydrogens is 302 g/mol. The lowest BCUT2D eigenvalue weighted by molar-refractivity contribution is -0.00267. The van der Waals surface area contributed by atoms with Crippen molar-refractivity contribution in [1.29, 1.82) is 0 Å². The number of benzene rings is 1. The third-order valence-electron chi connectivity index (χ3n) is 4.90. The second-order valence-electron chi connectivity index (χ2n) is 6.33. The summed E-state index contributed by atoms with van der Waals surface area (Å²) in [4.78, 5) is 4.39. The minimum Gasteiger partial charge on any atom is -0.389 e. The number of hydrogen-bond donors (Lipinski definition) is 1. The summed E-state index contributed by atoms with van der Waals surface area (Å²) in [6.45, 7) is 5.59. The average molecular weight is 326 g/mol. The van der Waals surface area contributed by atoms with E-state index in [0.717, 1.165) is 38.2 Å². The molecule has 2 unspecified atom stereocenters. The zero-order valence-electron chi connectivity index (χ0n) is 13.4. The van der Waals surface area contributed by atoms with Crippen LogP contribution in [0.3, 0.4) is 0 Å². The Kier molecular flexibility index (Phi) is 5.14. The van der Waals surface area contributed by atoms with E-state index >= 15 is 0 Å². The van der Waals surface area contributed by atoms with Gasteiger partial charge in [-0.1, -0.05) is 0 Å². The van der Waals surface area contributed by atoms with Gasteiger partial charge in [0.15, 0.2) is 11.6 Å². The highest BCUT2D eigenvalue weighted by molar-refractivity contribution is 5.47. The normalized spacial score (nSPS) is 26.9. The molecule has 2 saturated heterocycles. The van der Waals surface area contributed by atoms with Crippen molar-refractivity contribution in [3.63, 3.8) is 0 Å². The van der Waals surface area contributed by atoms with E-state index in [-0.39, 0.29) is 6.10 Å². The van der Waals surface area contributed by atoms with Crippen molar-refractivity contribution >= 4 is 5.69 Å². The lowest BCUT2D eigenvalue weighted by Crippen LogP contribution is -2.44. The van der Waals surface area contributed by atoms with Gasteiger partial charge in [0, 0.05) is 50.6 Å². The zero-order valence-corrected chi connectivity index (χ0v) is 13.4. The summed E-state index contributed by atoms with van der Waals surface area (Å²) in [5.74, 6) is -1.61. The fourth-order valence-electron chi connectivity index (χ4n) is 3.63. The van der Waals surface area contributed by atoms with Gasteiger partial charge in [-0.05, 0) is 31.9 Å². The van der Waals surface area contributed by atoms with Crippen molar-refractivity contribution in [1.82, 2.24) is 4.90 Å². The molecular formula is C17H24F2N2O2. The van der Waals surface area contributed by atoms with Gasteiger partial charge in [-0.15, -0.1) is 0 Å². The first-order valence-electron chi connectivity index (χ1n) is 8.32. The molecule has 6 heteroatoms. The summed E-state index contributed by atoms with van der Waals surface area (Å²) in [6, 6.07) is 4.49. The van der Waals surface area contributed by atoms with Gasteiger partial charge in [-0.25, -0.2) is 8.78 Å². The smallest absolute Gasteiger partial charge is 0.160 e. The molecule has 0 saturated carbocycles. The fourth-order valence-corrected chi connectivity index (χ4v) is 3.63. The van der Waals surface area contributed by atoms with E-state index in [4.69, 9.17) is 4.74 Å². The fraction of sp³-hybridized carbons (Fsp3) is 0.647. The number of piperidine rings is 1. The standard InChI is InChI=1S/C17H24F2N2O2/c1-2-23-17-11-21(10-16(17)22)12-5-7-20(8-6-12)13-3-4-14(18)15(19)9-13/h3-4,9,12,16-17,22H,2,5-8,10-11H2,1H3. The number of nitrogens with zero attached hydrogens (tertiary/aromatic N) is 2. The Labute approximate surface area is 135 Å². The van der Waals surface area contributed by atoms with Crippen molar-refractivity contribution in [2.24, 2.45) is 0 Å². The lowest BCUT2D eigenvalue weighted by Gasteiger charge is -2.37. The number of anilines is 1. The first-order valence-corrected chi connectivity index (χ1v) is 8.32. The maximum absolute atomic E-state index is 13.4. The molecule has 23 heavy (non-hydrogen) atoms. The van der Waals surface area contributed by atoms with Crippen LogP contribution in [0, 0.1) is 11.6 Å². The monoisotopic (exact) mass is 326 g/mol. The topological polar surface area (TPSA) is 35.9 Å². The number of β-amino-alcohol motifs (C(OH)–C–C–N with tert-alkyl or cyclic N) is 1. The first-order chi connectivity index (χ1) is 11.1. The molecule has 0 radical (unpaired) electrons. The van der Waals surface area contributed by atoms with Crippen molar-refractivity contribution in [2.45, 2.75) is 38.0 Å². The van der Waals surface area contributed by atoms with Gasteiger partial charge in [0.1, 0.15) is 0 Å². The van der Waals surface area contributed by atoms with Crippen LogP contribution in [-0.2, 0) is 4.74 Å². The highest BCUT2D eigenvalue weighted by Gasteiger charge is 2.36. The summed E-state index contributed by atoms with van der Waals surface area (Å²) >= 11 is 0. The molecule has 0 aliphatic carbocycles. The van der Waals surface area contributed by atoms with Crippen molar-refractivity contribution in [3.8, 4) is 0 Å². The SMILES string of the molecule is CCOC1CN(C2CCN(c3ccc(F)c(F)c3)CC2)CC1O. The Bertz CT molecular complexity index is 535. The van der Waals surface area contributed by atoms with E-state index in [1.54, 1.807) is 6.07 Å². The Balaban J connectivity index is 1.55. The highest BCUT2D eigenvalue weighted by atomic mass is 19.2. The minimum absolute atomic E-state index is 0.0933. The number of hydrogen-bond acceptors (Lipinski definition) is 4. The van der Waals surface area contributed by atoms with E-state index in [2.05, 4.69) is 9.80 Å². The molecule has 3 rings (SSSR count). The summed E-state index contributed by atoms with van der Waals surface area (Å²) < 4.78 is 32.0. The van der Waals surface area contributed by atoms with Crippen molar-refractivity contribution < 1.29 is 18.6 Å². The third-order valence-corrected chi connectivity index (χ3v) is 4.90. The molecule has 2 aliphatic heterocycles. The number of aliphatic hydroxyl groups excluding tert-OH is 1. The number of halogens is 2. The van der Waals surface area contributed by atoms with E-state index in [0.29, 0.717) is 19.2 Å². The van der Waals surface area contributed by atoms with Gasteiger partial charge in [0.05, 0.1) is 12.2 Å². The molecule has 1 aromatic rings. The van der Waals surface area contributed by atoms with Gasteiger partial charge in [-0.3, -0.25) is 4.90 Å². The molecule has 4 nitrogen and oxygen atoms in total. The van der Waals surface area contributed by atoms with Crippen LogP contribution >= 0.6 is 0 Å². The van der Waals surface area contributed by atoms with E-state index in [1.807, 2.05) is 6.92 Å². The lowest BCUT2D eigenvalue weighted by atomic mass is 10.0. The van der Waals surface area contributed by atoms with Crippen molar-refractivity contribution in [3.05, 3.63) is 29.8 Å². The summed E-state index contributed by atoms with van der Waals surface area (Å²) in [5.41, 5.74) is 0.732. The van der Waals surface area contributed by atoms with Crippen molar-refractivity contribution in [2.75, 3.05) is 37.7 Å². The maximum atomic E-state index is 13.4. The minimum atomic E-state index is -0.809. The molecule has 0 aromatic heterocycles. The van der Waals surface area contributed by atoms with Crippen LogP contribution in [0.25, 0.3) is 0 Å². The number of aliphatic hydroxyl groups is 1. The van der Waals surface area contributed by atoms with Gasteiger partial charge in [-0.2, -0.15) is 0 Å². The molecule has 0 amide bonds. The largest absolute Gasteiger partial charge is 0.389 e. The number of rotatable bonds is 4. The van der Waals surface area contributed by atoms with Crippen LogP contribution in [0.15, 0.2) is 18.2 Å². The Morgan fingerprint density at radius 1 is 1.17 bits per heavy atom. The third kappa shape index (κ3) is 3.65. The molecule has 2 heterocycles. The predicted octanol–water partition coefficient (Wildman–Crippen LogP) is 2.02. The van der Waals surface area contributed by atoms with Crippen LogP contribution < -0.4 is 4.90 Å². The summed E-state index contributed by atoms with van der Waals surface area (Å²) in [5, 5.41) is 10.1. The van der Waals surface area contributed by atoms with Gasteiger partial charge >= 0.3 is 0 Å². The molecule has 0 bridgehead atoms. The van der Waals surface area contributed by atoms with E-state index in [1.165, 1.54) is 12.1 Å². The maximum Gasteiger partial charge on any atom is 0.160 e. The Hall–Kier alpha value is -1.24. The number of ether oxygens (including phenoxy) is 1. The second-order valence-corrected chi connectivity index (χ2v) is 6.33. The predicted molar refractivity (Wildman–Crippen MR) is 84.6 cm³/mol. The molecule has 2 fully saturated rings. The highest BCUT2D eigenvalue weighted by Crippen LogP contribution is 2.26. The second kappa shape index (κ2) is 7.11. The van der Waals surface area contributed by atoms with Crippen LogP contribution in [0.5, 0.6) is 0 Å². The van der Waals surface area contributed by atoms with Gasteiger partial charge < -0.3 is 14.7 Å². The molecule has 2 aliphatic rings. The van der Waals surface area contributed by atoms with Crippen LogP contribution in [0.2, 0.25) is 0 Å². The summed E-state index contributed by atoms with van der Waals surface area (Å²) in [7, 11) is 0. The first kappa shape index (κ1) is 16.6.